The third-order valence-corrected chi connectivity index (χ3v) is 13.4. The summed E-state index contributed by atoms with van der Waals surface area (Å²) in [6.07, 6.45) is 28.8. The average Bonchev–Trinajstić information content (AvgIpc) is 3.23. The van der Waals surface area contributed by atoms with E-state index in [2.05, 4.69) is 19.2 Å². The number of carbonyl (C=O) groups excluding carboxylic acids is 1. The van der Waals surface area contributed by atoms with Gasteiger partial charge >= 0.3 is 7.82 Å². The van der Waals surface area contributed by atoms with Crippen molar-refractivity contribution in [1.82, 2.24) is 5.32 Å². The Balaban J connectivity index is 2.28. The molecule has 6 unspecified atom stereocenters. The maximum absolute atomic E-state index is 12.9. The summed E-state index contributed by atoms with van der Waals surface area (Å²) < 4.78 is 22.9. The zero-order valence-corrected chi connectivity index (χ0v) is 39.2. The number of phosphoric acid groups is 1. The highest BCUT2D eigenvalue weighted by Gasteiger charge is 2.51. The molecule has 1 rings (SSSR count). The highest BCUT2D eigenvalue weighted by atomic mass is 31.2. The predicted octanol–water partition coefficient (Wildman–Crippen LogP) is 9.85. The lowest BCUT2D eigenvalue weighted by molar-refractivity contribution is -0.220. The van der Waals surface area contributed by atoms with Gasteiger partial charge < -0.3 is 40.8 Å². The number of nitrogens with one attached hydrogen (secondary N) is 1. The molecule has 0 aromatic rings. The van der Waals surface area contributed by atoms with E-state index in [1.807, 2.05) is 0 Å². The van der Waals surface area contributed by atoms with Crippen LogP contribution in [0.4, 0.5) is 0 Å². The highest BCUT2D eigenvalue weighted by Crippen LogP contribution is 2.47. The van der Waals surface area contributed by atoms with Gasteiger partial charge in [0.1, 0.15) is 36.6 Å². The van der Waals surface area contributed by atoms with Crippen LogP contribution in [0.25, 0.3) is 0 Å². The van der Waals surface area contributed by atoms with E-state index >= 15 is 0 Å². The van der Waals surface area contributed by atoms with Gasteiger partial charge in [0.05, 0.1) is 18.8 Å². The summed E-state index contributed by atoms with van der Waals surface area (Å²) in [7, 11) is -5.05. The Kier molecular flexibility index (Phi) is 36.0. The lowest BCUT2D eigenvalue weighted by Gasteiger charge is -2.41. The fraction of sp³-hybridized carbons (Fsp3) is 0.979. The Bertz CT molecular complexity index is 1030. The van der Waals surface area contributed by atoms with Crippen molar-refractivity contribution in [3.63, 3.8) is 0 Å². The van der Waals surface area contributed by atoms with Crippen LogP contribution in [0.3, 0.4) is 0 Å². The summed E-state index contributed by atoms with van der Waals surface area (Å²) in [6, 6.07) is -1.02. The van der Waals surface area contributed by atoms with Gasteiger partial charge in [-0.1, -0.05) is 219 Å². The minimum Gasteiger partial charge on any atom is -0.391 e. The second kappa shape index (κ2) is 37.7. The molecule has 0 heterocycles. The zero-order chi connectivity index (χ0) is 44.3. The summed E-state index contributed by atoms with van der Waals surface area (Å²) in [5.41, 5.74) is 0. The highest BCUT2D eigenvalue weighted by molar-refractivity contribution is 7.47. The van der Waals surface area contributed by atoms with Crippen molar-refractivity contribution in [2.45, 2.75) is 287 Å². The Morgan fingerprint density at radius 2 is 0.800 bits per heavy atom. The van der Waals surface area contributed by atoms with E-state index in [4.69, 9.17) is 9.05 Å². The van der Waals surface area contributed by atoms with Gasteiger partial charge in [-0.25, -0.2) is 4.57 Å². The van der Waals surface area contributed by atoms with E-state index in [0.717, 1.165) is 38.5 Å². The number of aliphatic hydroxyl groups is 6. The molecule has 1 aliphatic rings. The van der Waals surface area contributed by atoms with Gasteiger partial charge in [0.25, 0.3) is 0 Å². The van der Waals surface area contributed by atoms with E-state index in [1.165, 1.54) is 161 Å². The van der Waals surface area contributed by atoms with Crippen LogP contribution in [0.1, 0.15) is 239 Å². The van der Waals surface area contributed by atoms with Crippen molar-refractivity contribution < 1.29 is 53.9 Å². The fourth-order valence-corrected chi connectivity index (χ4v) is 9.29. The van der Waals surface area contributed by atoms with Crippen molar-refractivity contribution in [2.24, 2.45) is 0 Å². The minimum absolute atomic E-state index is 0.242. The van der Waals surface area contributed by atoms with Crippen LogP contribution < -0.4 is 5.32 Å². The van der Waals surface area contributed by atoms with Crippen LogP contribution in [0.2, 0.25) is 0 Å². The van der Waals surface area contributed by atoms with Crippen LogP contribution in [0, 0.1) is 0 Å². The van der Waals surface area contributed by atoms with Gasteiger partial charge in [0.15, 0.2) is 0 Å². The van der Waals surface area contributed by atoms with Crippen molar-refractivity contribution in [3.05, 3.63) is 0 Å². The average molecular weight is 880 g/mol. The summed E-state index contributed by atoms with van der Waals surface area (Å²) in [5, 5.41) is 64.0. The molecule has 0 saturated heterocycles. The lowest BCUT2D eigenvalue weighted by atomic mass is 9.85. The topological polar surface area (TPSA) is 206 Å². The monoisotopic (exact) mass is 880 g/mol. The largest absolute Gasteiger partial charge is 0.472 e. The molecule has 12 nitrogen and oxygen atoms in total. The van der Waals surface area contributed by atoms with Crippen molar-refractivity contribution in [1.29, 1.82) is 0 Å². The Hall–Kier alpha value is -0.660. The SMILES string of the molecule is CCCCCCCCCCCCCCCCCCCCCCCCCCC(=O)N[C@@H](COP(=O)(O)OC1C(O)C(O)C(O)[C@@H](O)C1O)[C@H](O)CCCCCCCCCCC. The van der Waals surface area contributed by atoms with Crippen LogP contribution in [-0.2, 0) is 18.4 Å². The minimum atomic E-state index is -5.05. The number of rotatable bonds is 42. The molecule has 0 aromatic heterocycles. The Labute approximate surface area is 366 Å². The smallest absolute Gasteiger partial charge is 0.391 e. The standard InChI is InChI=1S/C47H94NO11P/c1-3-5-7-9-11-13-14-15-16-17-18-19-20-21-22-23-24-25-26-27-29-31-33-35-37-41(50)48-39(40(49)36-34-32-30-28-12-10-8-6-4-2)38-58-60(56,57)59-47-45(54)43(52)42(51)44(53)46(47)55/h39-40,42-47,49,51-55H,3-38H2,1-2H3,(H,48,50)(H,56,57)/t39-,40+,42?,43+,44?,45?,46?,47?/m0/s1. The van der Waals surface area contributed by atoms with Gasteiger partial charge in [-0.15, -0.1) is 0 Å². The molecule has 1 saturated carbocycles. The molecule has 13 heteroatoms. The molecular weight excluding hydrogens is 785 g/mol. The fourth-order valence-electron chi connectivity index (χ4n) is 8.32. The van der Waals surface area contributed by atoms with Gasteiger partial charge in [-0.2, -0.15) is 0 Å². The summed E-state index contributed by atoms with van der Waals surface area (Å²) >= 11 is 0. The quantitative estimate of drug-likeness (QED) is 0.0214. The summed E-state index contributed by atoms with van der Waals surface area (Å²) in [5.74, 6) is -0.305. The van der Waals surface area contributed by atoms with E-state index < -0.39 is 63.2 Å². The van der Waals surface area contributed by atoms with Crippen molar-refractivity contribution in [2.75, 3.05) is 6.61 Å². The van der Waals surface area contributed by atoms with Gasteiger partial charge in [-0.05, 0) is 12.8 Å². The zero-order valence-electron chi connectivity index (χ0n) is 38.3. The van der Waals surface area contributed by atoms with E-state index in [0.29, 0.717) is 19.3 Å². The van der Waals surface area contributed by atoms with Gasteiger partial charge in [0.2, 0.25) is 5.91 Å². The molecule has 60 heavy (non-hydrogen) atoms. The molecule has 0 aliphatic heterocycles. The second-order valence-corrected chi connectivity index (χ2v) is 19.4. The summed E-state index contributed by atoms with van der Waals surface area (Å²) in [4.78, 5) is 23.4. The number of unbranched alkanes of at least 4 members (excludes halogenated alkanes) is 31. The third kappa shape index (κ3) is 28.9. The second-order valence-electron chi connectivity index (χ2n) is 18.0. The van der Waals surface area contributed by atoms with E-state index in [-0.39, 0.29) is 12.3 Å². The first-order valence-corrected chi connectivity index (χ1v) is 26.5. The number of phosphoric ester groups is 1. The van der Waals surface area contributed by atoms with Crippen molar-refractivity contribution >= 4 is 13.7 Å². The van der Waals surface area contributed by atoms with Gasteiger partial charge in [-0.3, -0.25) is 13.8 Å². The molecule has 1 amide bonds. The molecule has 1 fully saturated rings. The lowest BCUT2D eigenvalue weighted by Crippen LogP contribution is -2.64. The maximum atomic E-state index is 12.9. The first-order valence-electron chi connectivity index (χ1n) is 25.0. The number of aliphatic hydroxyl groups excluding tert-OH is 6. The molecule has 358 valence electrons. The normalized spacial score (nSPS) is 22.8. The molecule has 0 bridgehead atoms. The molecule has 0 radical (unpaired) electrons. The first kappa shape index (κ1) is 57.4. The third-order valence-electron chi connectivity index (χ3n) is 12.4. The van der Waals surface area contributed by atoms with Crippen LogP contribution in [0.5, 0.6) is 0 Å². The molecular formula is C47H94NO11P. The molecule has 9 atom stereocenters. The molecule has 0 spiro atoms. The predicted molar refractivity (Wildman–Crippen MR) is 242 cm³/mol. The number of hydrogen-bond donors (Lipinski definition) is 8. The van der Waals surface area contributed by atoms with Crippen LogP contribution in [-0.4, -0.2) is 96.8 Å². The van der Waals surface area contributed by atoms with Crippen molar-refractivity contribution in [3.8, 4) is 0 Å². The van der Waals surface area contributed by atoms with Crippen LogP contribution in [0.15, 0.2) is 0 Å². The molecule has 1 aliphatic carbocycles. The summed E-state index contributed by atoms with van der Waals surface area (Å²) in [6.45, 7) is 3.88. The first-order chi connectivity index (χ1) is 28.9. The van der Waals surface area contributed by atoms with Gasteiger partial charge in [0, 0.05) is 6.42 Å². The Morgan fingerprint density at radius 1 is 0.500 bits per heavy atom. The maximum Gasteiger partial charge on any atom is 0.472 e. The van der Waals surface area contributed by atoms with E-state index in [1.54, 1.807) is 0 Å². The Morgan fingerprint density at radius 3 is 1.15 bits per heavy atom. The van der Waals surface area contributed by atoms with Crippen LogP contribution >= 0.6 is 7.82 Å². The molecule has 8 N–H and O–H groups in total. The van der Waals surface area contributed by atoms with E-state index in [9.17, 15) is 44.9 Å². The number of amides is 1. The number of hydrogen-bond acceptors (Lipinski definition) is 10. The number of carbonyl (C=O) groups is 1. The molecule has 0 aromatic carbocycles.